The van der Waals surface area contributed by atoms with Gasteiger partial charge in [0.15, 0.2) is 0 Å². The van der Waals surface area contributed by atoms with Crippen LogP contribution < -0.4 is 10.1 Å². The highest BCUT2D eigenvalue weighted by Crippen LogP contribution is 2.36. The number of carbonyl (C=O) groups is 1. The molecule has 25 heavy (non-hydrogen) atoms. The molecule has 0 aliphatic carbocycles. The maximum absolute atomic E-state index is 11.3. The molecule has 0 spiro atoms. The highest BCUT2D eigenvalue weighted by atomic mass is 79.9. The number of aliphatic hydroxyl groups is 1. The van der Waals surface area contributed by atoms with Gasteiger partial charge in [0.25, 0.3) is 0 Å². The number of anilines is 1. The Kier molecular flexibility index (Phi) is 5.41. The summed E-state index contributed by atoms with van der Waals surface area (Å²) in [5.74, 6) is 0.597. The van der Waals surface area contributed by atoms with Crippen molar-refractivity contribution < 1.29 is 14.6 Å². The van der Waals surface area contributed by atoms with Crippen LogP contribution in [0.1, 0.15) is 6.92 Å². The Hall–Kier alpha value is -1.90. The summed E-state index contributed by atoms with van der Waals surface area (Å²) in [6, 6.07) is 5.55. The first kappa shape index (κ1) is 17.9. The number of halogens is 1. The molecule has 8 heteroatoms. The molecule has 1 aliphatic rings. The van der Waals surface area contributed by atoms with Crippen LogP contribution in [0.3, 0.4) is 0 Å². The molecule has 0 unspecified atom stereocenters. The second-order valence-corrected chi connectivity index (χ2v) is 6.97. The molecule has 0 radical (unpaired) electrons. The second-order valence-electron chi connectivity index (χ2n) is 6.12. The monoisotopic (exact) mass is 408 g/mol. The molecule has 0 bridgehead atoms. The van der Waals surface area contributed by atoms with Crippen LogP contribution in [0.15, 0.2) is 28.9 Å². The lowest BCUT2D eigenvalue weighted by Gasteiger charge is -2.35. The molecule has 7 nitrogen and oxygen atoms in total. The van der Waals surface area contributed by atoms with Crippen molar-refractivity contribution >= 4 is 27.5 Å². The first-order valence-electron chi connectivity index (χ1n) is 8.07. The lowest BCUT2D eigenvalue weighted by molar-refractivity contribution is -0.114. The molecule has 3 rings (SSSR count). The number of β-amino-alcohol motifs (C(OH)–C–C–N with tert-alkyl or cyclic N) is 1. The highest BCUT2D eigenvalue weighted by Gasteiger charge is 2.24. The number of aromatic nitrogens is 2. The molecule has 2 aromatic rings. The van der Waals surface area contributed by atoms with Crippen molar-refractivity contribution in [2.75, 3.05) is 31.6 Å². The third kappa shape index (κ3) is 4.20. The number of benzene rings is 1. The number of rotatable bonds is 6. The third-order valence-electron chi connectivity index (χ3n) is 4.05. The van der Waals surface area contributed by atoms with E-state index in [1.165, 1.54) is 6.92 Å². The molecule has 0 saturated carbocycles. The van der Waals surface area contributed by atoms with Gasteiger partial charge in [0.05, 0.1) is 22.5 Å². The van der Waals surface area contributed by atoms with Gasteiger partial charge in [0, 0.05) is 44.9 Å². The van der Waals surface area contributed by atoms with E-state index >= 15 is 0 Å². The van der Waals surface area contributed by atoms with Gasteiger partial charge in [-0.15, -0.1) is 0 Å². The summed E-state index contributed by atoms with van der Waals surface area (Å²) in [6.45, 7) is 4.16. The van der Waals surface area contributed by atoms with Crippen LogP contribution in [0.5, 0.6) is 5.75 Å². The predicted octanol–water partition coefficient (Wildman–Crippen LogP) is 1.86. The van der Waals surface area contributed by atoms with Crippen molar-refractivity contribution in [1.82, 2.24) is 14.7 Å². The molecule has 1 amide bonds. The van der Waals surface area contributed by atoms with Crippen LogP contribution >= 0.6 is 15.9 Å². The lowest BCUT2D eigenvalue weighted by atomic mass is 10.1. The Balaban J connectivity index is 1.82. The zero-order valence-electron chi connectivity index (χ0n) is 14.2. The normalized spacial score (nSPS) is 15.0. The smallest absolute Gasteiger partial charge is 0.221 e. The summed E-state index contributed by atoms with van der Waals surface area (Å²) in [7, 11) is 1.86. The van der Waals surface area contributed by atoms with E-state index in [-0.39, 0.29) is 12.0 Å². The van der Waals surface area contributed by atoms with E-state index in [0.29, 0.717) is 25.4 Å². The van der Waals surface area contributed by atoms with Crippen LogP contribution in [-0.2, 0) is 11.8 Å². The van der Waals surface area contributed by atoms with Crippen LogP contribution in [0.2, 0.25) is 0 Å². The van der Waals surface area contributed by atoms with E-state index < -0.39 is 0 Å². The highest BCUT2D eigenvalue weighted by molar-refractivity contribution is 9.10. The number of aryl methyl sites for hydroxylation is 1. The second kappa shape index (κ2) is 7.55. The van der Waals surface area contributed by atoms with Gasteiger partial charge in [-0.05, 0) is 34.1 Å². The van der Waals surface area contributed by atoms with Crippen molar-refractivity contribution in [3.8, 4) is 17.0 Å². The fourth-order valence-electron chi connectivity index (χ4n) is 2.85. The largest absolute Gasteiger partial charge is 0.492 e. The third-order valence-corrected chi connectivity index (χ3v) is 4.63. The fraction of sp³-hybridized carbons (Fsp3) is 0.412. The number of hydrogen-bond donors (Lipinski definition) is 2. The van der Waals surface area contributed by atoms with E-state index in [0.717, 1.165) is 28.0 Å². The van der Waals surface area contributed by atoms with Crippen LogP contribution in [-0.4, -0.2) is 58.0 Å². The van der Waals surface area contributed by atoms with Crippen molar-refractivity contribution in [2.24, 2.45) is 7.05 Å². The van der Waals surface area contributed by atoms with Gasteiger partial charge >= 0.3 is 0 Å². The Labute approximate surface area is 154 Å². The standard InChI is InChI=1S/C17H21BrN4O3/c1-11(23)20-12-3-4-16(25-6-5-22-9-13(24)10-22)14(7-12)17-15(18)8-19-21(17)2/h3-4,7-8,13,24H,5-6,9-10H2,1-2H3,(H,20,23). The summed E-state index contributed by atoms with van der Waals surface area (Å²) < 4.78 is 8.59. The van der Waals surface area contributed by atoms with E-state index in [9.17, 15) is 9.90 Å². The van der Waals surface area contributed by atoms with Crippen molar-refractivity contribution in [2.45, 2.75) is 13.0 Å². The minimum atomic E-state index is -0.210. The van der Waals surface area contributed by atoms with Crippen LogP contribution in [0.4, 0.5) is 5.69 Å². The Bertz CT molecular complexity index is 752. The topological polar surface area (TPSA) is 79.6 Å². The number of ether oxygens (including phenoxy) is 1. The molecule has 1 aliphatic heterocycles. The number of aliphatic hydroxyl groups excluding tert-OH is 1. The zero-order valence-corrected chi connectivity index (χ0v) is 15.8. The number of hydrogen-bond acceptors (Lipinski definition) is 5. The zero-order chi connectivity index (χ0) is 18.0. The maximum atomic E-state index is 11.3. The molecule has 134 valence electrons. The van der Waals surface area contributed by atoms with E-state index in [2.05, 4.69) is 31.2 Å². The number of carbonyl (C=O) groups excluding carboxylic acids is 1. The lowest BCUT2D eigenvalue weighted by Crippen LogP contribution is -2.51. The van der Waals surface area contributed by atoms with E-state index in [1.807, 2.05) is 25.2 Å². The van der Waals surface area contributed by atoms with Gasteiger partial charge in [-0.25, -0.2) is 0 Å². The molecule has 0 atom stereocenters. The molecular formula is C17H21BrN4O3. The number of amides is 1. The minimum absolute atomic E-state index is 0.125. The predicted molar refractivity (Wildman–Crippen MR) is 98.6 cm³/mol. The molecule has 2 N–H and O–H groups in total. The van der Waals surface area contributed by atoms with Gasteiger partial charge in [-0.1, -0.05) is 0 Å². The van der Waals surface area contributed by atoms with Gasteiger partial charge in [0.2, 0.25) is 5.91 Å². The molecule has 2 heterocycles. The van der Waals surface area contributed by atoms with E-state index in [4.69, 9.17) is 4.74 Å². The van der Waals surface area contributed by atoms with Gasteiger partial charge in [-0.3, -0.25) is 14.4 Å². The molecule has 1 saturated heterocycles. The van der Waals surface area contributed by atoms with Crippen molar-refractivity contribution in [1.29, 1.82) is 0 Å². The molecule has 1 fully saturated rings. The average Bonchev–Trinajstić information content (AvgIpc) is 2.85. The summed E-state index contributed by atoms with van der Waals surface area (Å²) in [6.07, 6.45) is 1.52. The Morgan fingerprint density at radius 3 is 2.84 bits per heavy atom. The molecule has 1 aromatic heterocycles. The van der Waals surface area contributed by atoms with Crippen LogP contribution in [0, 0.1) is 0 Å². The first-order valence-corrected chi connectivity index (χ1v) is 8.86. The Morgan fingerprint density at radius 1 is 1.48 bits per heavy atom. The summed E-state index contributed by atoms with van der Waals surface area (Å²) in [4.78, 5) is 13.5. The number of nitrogens with zero attached hydrogens (tertiary/aromatic N) is 3. The summed E-state index contributed by atoms with van der Waals surface area (Å²) >= 11 is 3.52. The van der Waals surface area contributed by atoms with Gasteiger partial charge < -0.3 is 15.2 Å². The van der Waals surface area contributed by atoms with Crippen LogP contribution in [0.25, 0.3) is 11.3 Å². The molecular weight excluding hydrogens is 388 g/mol. The van der Waals surface area contributed by atoms with Gasteiger partial charge in [0.1, 0.15) is 12.4 Å². The minimum Gasteiger partial charge on any atom is -0.492 e. The number of likely N-dealkylation sites (tertiary alicyclic amines) is 1. The number of nitrogens with one attached hydrogen (secondary N) is 1. The fourth-order valence-corrected chi connectivity index (χ4v) is 3.41. The van der Waals surface area contributed by atoms with Crippen molar-refractivity contribution in [3.05, 3.63) is 28.9 Å². The summed E-state index contributed by atoms with van der Waals surface area (Å²) in [5.41, 5.74) is 2.43. The molecule has 1 aromatic carbocycles. The Morgan fingerprint density at radius 2 is 2.24 bits per heavy atom. The van der Waals surface area contributed by atoms with E-state index in [1.54, 1.807) is 10.9 Å². The maximum Gasteiger partial charge on any atom is 0.221 e. The van der Waals surface area contributed by atoms with Crippen molar-refractivity contribution in [3.63, 3.8) is 0 Å². The summed E-state index contributed by atoms with van der Waals surface area (Å²) in [5, 5.41) is 16.4. The SMILES string of the molecule is CC(=O)Nc1ccc(OCCN2CC(O)C2)c(-c2c(Br)cnn2C)c1. The average molecular weight is 409 g/mol. The van der Waals surface area contributed by atoms with Gasteiger partial charge in [-0.2, -0.15) is 5.10 Å². The first-order chi connectivity index (χ1) is 11.9. The quantitative estimate of drug-likeness (QED) is 0.762.